The van der Waals surface area contributed by atoms with E-state index in [0.29, 0.717) is 5.56 Å². The number of rotatable bonds is 3. The van der Waals surface area contributed by atoms with Crippen LogP contribution in [0, 0.1) is 0 Å². The van der Waals surface area contributed by atoms with Gasteiger partial charge < -0.3 is 5.11 Å². The van der Waals surface area contributed by atoms with Crippen molar-refractivity contribution in [1.29, 1.82) is 0 Å². The van der Waals surface area contributed by atoms with Crippen molar-refractivity contribution in [1.82, 2.24) is 0 Å². The Morgan fingerprint density at radius 1 is 1.11 bits per heavy atom. The highest BCUT2D eigenvalue weighted by atomic mass is 19.4. The van der Waals surface area contributed by atoms with Gasteiger partial charge in [0.05, 0.1) is 21.3 Å². The fourth-order valence-electron chi connectivity index (χ4n) is 1.55. The summed E-state index contributed by atoms with van der Waals surface area (Å²) in [6, 6.07) is 4.80. The molecule has 0 heterocycles. The molecule has 1 nitrogen and oxygen atoms in total. The normalized spacial score (nSPS) is 13.7. The van der Waals surface area contributed by atoms with Crippen molar-refractivity contribution in [3.8, 4) is 0 Å². The van der Waals surface area contributed by atoms with Crippen molar-refractivity contribution in [2.75, 3.05) is 6.61 Å². The second kappa shape index (κ2) is 4.65. The number of alkyl halides is 3. The van der Waals surface area contributed by atoms with Crippen LogP contribution in [-0.4, -0.2) is 27.4 Å². The lowest BCUT2D eigenvalue weighted by atomic mass is 9.42. The van der Waals surface area contributed by atoms with Gasteiger partial charge in [-0.05, 0) is 17.0 Å². The summed E-state index contributed by atoms with van der Waals surface area (Å²) in [5.74, 6) is 0. The molecule has 6 heteroatoms. The van der Waals surface area contributed by atoms with Gasteiger partial charge in [-0.15, -0.1) is 0 Å². The van der Waals surface area contributed by atoms with Gasteiger partial charge in [0.1, 0.15) is 0 Å². The van der Waals surface area contributed by atoms with Gasteiger partial charge in [-0.1, -0.05) is 37.3 Å². The fraction of sp³-hybridized carbons (Fsp3) is 0.500. The molecule has 0 saturated heterocycles. The molecule has 0 unspecified atom stereocenters. The average molecular weight is 252 g/mol. The van der Waals surface area contributed by atoms with E-state index >= 15 is 0 Å². The van der Waals surface area contributed by atoms with Crippen LogP contribution in [0.25, 0.3) is 0 Å². The van der Waals surface area contributed by atoms with Crippen LogP contribution in [-0.2, 0) is 11.6 Å². The minimum atomic E-state index is -4.42. The molecule has 1 aromatic rings. The molecule has 18 heavy (non-hydrogen) atoms. The van der Waals surface area contributed by atoms with E-state index in [1.807, 2.05) is 0 Å². The lowest BCUT2D eigenvalue weighted by Gasteiger charge is -2.42. The topological polar surface area (TPSA) is 20.2 Å². The number of benzene rings is 1. The van der Waals surface area contributed by atoms with Crippen LogP contribution < -0.4 is 0 Å². The number of hydrogen-bond acceptors (Lipinski definition) is 1. The van der Waals surface area contributed by atoms with Crippen molar-refractivity contribution < 1.29 is 18.3 Å². The molecular weight excluding hydrogens is 239 g/mol. The van der Waals surface area contributed by atoms with Gasteiger partial charge >= 0.3 is 6.18 Å². The summed E-state index contributed by atoms with van der Waals surface area (Å²) >= 11 is 0. The highest BCUT2D eigenvalue weighted by Gasteiger charge is 2.38. The second-order valence-corrected chi connectivity index (χ2v) is 4.90. The lowest BCUT2D eigenvalue weighted by Crippen LogP contribution is -2.39. The molecule has 0 aliphatic heterocycles. The third kappa shape index (κ3) is 2.74. The van der Waals surface area contributed by atoms with E-state index in [1.54, 1.807) is 13.8 Å². The third-order valence-corrected chi connectivity index (χ3v) is 3.34. The summed E-state index contributed by atoms with van der Waals surface area (Å²) in [7, 11) is 11.5. The minimum absolute atomic E-state index is 0.330. The van der Waals surface area contributed by atoms with Crippen LogP contribution in [0.5, 0.6) is 0 Å². The molecule has 0 aromatic heterocycles. The molecule has 0 aliphatic carbocycles. The van der Waals surface area contributed by atoms with E-state index in [1.165, 1.54) is 12.1 Å². The van der Waals surface area contributed by atoms with Crippen molar-refractivity contribution in [2.45, 2.75) is 30.7 Å². The average Bonchev–Trinajstić information content (AvgIpc) is 2.28. The standard InChI is InChI=1S/C12H13B2F3O/c1-10(2,11(13,14)7-18)8-4-3-5-9(6-8)12(15,16)17/h3-6,18H,7H2,1-2H3. The fourth-order valence-corrected chi connectivity index (χ4v) is 1.55. The van der Waals surface area contributed by atoms with Gasteiger partial charge in [-0.2, -0.15) is 13.2 Å². The van der Waals surface area contributed by atoms with E-state index < -0.39 is 29.0 Å². The second-order valence-electron chi connectivity index (χ2n) is 4.90. The smallest absolute Gasteiger partial charge is 0.397 e. The van der Waals surface area contributed by atoms with Gasteiger partial charge in [0.25, 0.3) is 0 Å². The molecule has 4 radical (unpaired) electrons. The molecule has 0 bridgehead atoms. The zero-order valence-corrected chi connectivity index (χ0v) is 10.3. The van der Waals surface area contributed by atoms with Gasteiger partial charge in [-0.25, -0.2) is 0 Å². The van der Waals surface area contributed by atoms with Gasteiger partial charge in [0.15, 0.2) is 0 Å². The molecule has 0 spiro atoms. The van der Waals surface area contributed by atoms with Gasteiger partial charge in [0.2, 0.25) is 0 Å². The SMILES string of the molecule is [B]C([B])(CO)C(C)(C)c1cccc(C(F)(F)F)c1. The van der Waals surface area contributed by atoms with E-state index in [4.69, 9.17) is 20.8 Å². The zero-order valence-electron chi connectivity index (χ0n) is 10.3. The van der Waals surface area contributed by atoms with Crippen LogP contribution in [0.15, 0.2) is 24.3 Å². The van der Waals surface area contributed by atoms with Crippen LogP contribution in [0.1, 0.15) is 25.0 Å². The van der Waals surface area contributed by atoms with Crippen LogP contribution in [0.2, 0.25) is 5.21 Å². The molecule has 0 aliphatic rings. The molecule has 0 fully saturated rings. The summed E-state index contributed by atoms with van der Waals surface area (Å²) in [5.41, 5.74) is -1.43. The Morgan fingerprint density at radius 2 is 1.61 bits per heavy atom. The first kappa shape index (κ1) is 15.2. The maximum absolute atomic E-state index is 12.6. The molecule has 1 aromatic carbocycles. The summed E-state index contributed by atoms with van der Waals surface area (Å²) in [6.45, 7) is 2.66. The molecule has 1 N–H and O–H groups in total. The Morgan fingerprint density at radius 3 is 2.06 bits per heavy atom. The number of halogens is 3. The molecule has 0 atom stereocenters. The first-order chi connectivity index (χ1) is 8.02. The van der Waals surface area contributed by atoms with E-state index in [0.717, 1.165) is 12.1 Å². The van der Waals surface area contributed by atoms with Crippen LogP contribution in [0.4, 0.5) is 13.2 Å². The molecular formula is C12H13B2F3O. The van der Waals surface area contributed by atoms with Crippen molar-refractivity contribution in [3.63, 3.8) is 0 Å². The van der Waals surface area contributed by atoms with Gasteiger partial charge in [0, 0.05) is 6.61 Å². The quantitative estimate of drug-likeness (QED) is 0.819. The minimum Gasteiger partial charge on any atom is -0.397 e. The number of hydrogen-bond donors (Lipinski definition) is 1. The highest BCUT2D eigenvalue weighted by Crippen LogP contribution is 2.43. The Balaban J connectivity index is 3.26. The first-order valence-electron chi connectivity index (χ1n) is 5.39. The highest BCUT2D eigenvalue weighted by molar-refractivity contribution is 6.41. The number of aliphatic hydroxyl groups is 1. The van der Waals surface area contributed by atoms with E-state index in [-0.39, 0.29) is 0 Å². The Bertz CT molecular complexity index is 428. The Kier molecular flexibility index (Phi) is 3.92. The van der Waals surface area contributed by atoms with Crippen molar-refractivity contribution >= 4 is 15.7 Å². The largest absolute Gasteiger partial charge is 0.416 e. The summed E-state index contributed by atoms with van der Waals surface area (Å²) in [4.78, 5) is 0. The van der Waals surface area contributed by atoms with Crippen molar-refractivity contribution in [2.24, 2.45) is 0 Å². The zero-order chi connectivity index (χ0) is 14.2. The third-order valence-electron chi connectivity index (χ3n) is 3.34. The maximum Gasteiger partial charge on any atom is 0.416 e. The number of aliphatic hydroxyl groups excluding tert-OH is 1. The maximum atomic E-state index is 12.6. The molecule has 0 saturated carbocycles. The van der Waals surface area contributed by atoms with Crippen LogP contribution >= 0.6 is 0 Å². The summed E-state index contributed by atoms with van der Waals surface area (Å²) < 4.78 is 37.9. The predicted molar refractivity (Wildman–Crippen MR) is 65.8 cm³/mol. The molecule has 94 valence electrons. The summed E-state index contributed by atoms with van der Waals surface area (Å²) in [6.07, 6.45) is -4.42. The molecule has 1 rings (SSSR count). The first-order valence-corrected chi connectivity index (χ1v) is 5.39. The van der Waals surface area contributed by atoms with Gasteiger partial charge in [-0.3, -0.25) is 0 Å². The predicted octanol–water partition coefficient (Wildman–Crippen LogP) is 2.43. The van der Waals surface area contributed by atoms with Crippen molar-refractivity contribution in [3.05, 3.63) is 35.4 Å². The monoisotopic (exact) mass is 252 g/mol. The molecule has 0 amide bonds. The summed E-state index contributed by atoms with van der Waals surface area (Å²) in [5, 5.41) is 7.65. The van der Waals surface area contributed by atoms with E-state index in [2.05, 4.69) is 0 Å². The Labute approximate surface area is 107 Å². The van der Waals surface area contributed by atoms with Crippen LogP contribution in [0.3, 0.4) is 0 Å². The van der Waals surface area contributed by atoms with E-state index in [9.17, 15) is 13.2 Å². The Hall–Kier alpha value is -0.900. The lowest BCUT2D eigenvalue weighted by molar-refractivity contribution is -0.137.